The van der Waals surface area contributed by atoms with Crippen LogP contribution in [0, 0.1) is 0 Å². The maximum absolute atomic E-state index is 11.9. The lowest BCUT2D eigenvalue weighted by atomic mass is 10.3. The van der Waals surface area contributed by atoms with Crippen molar-refractivity contribution in [3.8, 4) is 0 Å². The Labute approximate surface area is 181 Å². The van der Waals surface area contributed by atoms with Gasteiger partial charge in [-0.15, -0.1) is 0 Å². The number of aliphatic hydroxyl groups excluding tert-OH is 2. The second kappa shape index (κ2) is 12.6. The van der Waals surface area contributed by atoms with E-state index in [1.165, 1.54) is 11.0 Å². The molecule has 0 heterocycles. The predicted molar refractivity (Wildman–Crippen MR) is 125 cm³/mol. The molecule has 12 heteroatoms. The van der Waals surface area contributed by atoms with E-state index in [1.54, 1.807) is 0 Å². The average Bonchev–Trinajstić information content (AvgIpc) is 2.52. The predicted octanol–water partition coefficient (Wildman–Crippen LogP) is 1.90. The highest BCUT2D eigenvalue weighted by Crippen LogP contribution is 2.22. The zero-order valence-electron chi connectivity index (χ0n) is 19.4. The third-order valence-electron chi connectivity index (χ3n) is 3.65. The zero-order valence-corrected chi connectivity index (χ0v) is 23.5. The minimum Gasteiger partial charge on any atom is -0.440 e. The molecule has 0 aromatic heterocycles. The molecule has 29 heavy (non-hydrogen) atoms. The van der Waals surface area contributed by atoms with Crippen molar-refractivity contribution in [2.24, 2.45) is 0 Å². The highest BCUT2D eigenvalue weighted by atomic mass is 28.5. The van der Waals surface area contributed by atoms with Crippen molar-refractivity contribution < 1.29 is 31.8 Å². The monoisotopic (exact) mass is 483 g/mol. The van der Waals surface area contributed by atoms with E-state index in [4.69, 9.17) is 21.9 Å². The first-order valence-corrected chi connectivity index (χ1v) is 21.3. The number of rotatable bonds is 15. The van der Waals surface area contributed by atoms with E-state index in [2.05, 4.69) is 32.8 Å². The van der Waals surface area contributed by atoms with Crippen LogP contribution in [-0.2, 0) is 21.6 Å². The van der Waals surface area contributed by atoms with E-state index < -0.39 is 47.4 Å². The Morgan fingerprint density at radius 2 is 1.66 bits per heavy atom. The molecule has 0 saturated carbocycles. The van der Waals surface area contributed by atoms with Crippen LogP contribution in [0.25, 0.3) is 0 Å². The molecule has 0 aliphatic rings. The van der Waals surface area contributed by atoms with Crippen LogP contribution in [0.5, 0.6) is 0 Å². The van der Waals surface area contributed by atoms with Gasteiger partial charge in [0.1, 0.15) is 0 Å². The minimum absolute atomic E-state index is 0.0608. The zero-order chi connectivity index (χ0) is 22.9. The third-order valence-corrected chi connectivity index (χ3v) is 16.6. The molecule has 1 atom stereocenters. The van der Waals surface area contributed by atoms with Crippen molar-refractivity contribution in [3.05, 3.63) is 12.7 Å². The SMILES string of the molecule is C=CC(=O)N(CCCO[Si](C)(C)O[Si](C)(C)O[Si](C)(C)O[SiH](C)C)CC(O)CO. The molecule has 1 amide bonds. The summed E-state index contributed by atoms with van der Waals surface area (Å²) in [6.07, 6.45) is 0.816. The molecule has 0 aromatic carbocycles. The van der Waals surface area contributed by atoms with E-state index in [0.717, 1.165) is 0 Å². The summed E-state index contributed by atoms with van der Waals surface area (Å²) in [7, 11) is -8.25. The van der Waals surface area contributed by atoms with Crippen LogP contribution in [0.1, 0.15) is 6.42 Å². The summed E-state index contributed by atoms with van der Waals surface area (Å²) in [5.41, 5.74) is 0. The normalized spacial score (nSPS) is 14.2. The molecule has 0 saturated heterocycles. The number of hydrogen-bond acceptors (Lipinski definition) is 7. The first-order chi connectivity index (χ1) is 13.1. The molecule has 0 aromatic rings. The summed E-state index contributed by atoms with van der Waals surface area (Å²) in [4.78, 5) is 13.3. The van der Waals surface area contributed by atoms with Crippen LogP contribution in [0.3, 0.4) is 0 Å². The Balaban J connectivity index is 4.62. The lowest BCUT2D eigenvalue weighted by Crippen LogP contribution is -2.55. The second-order valence-corrected chi connectivity index (χ2v) is 22.0. The Hall–Kier alpha value is -0.162. The number of amides is 1. The van der Waals surface area contributed by atoms with Crippen molar-refractivity contribution in [1.29, 1.82) is 0 Å². The topological polar surface area (TPSA) is 97.7 Å². The Bertz CT molecular complexity index is 518. The summed E-state index contributed by atoms with van der Waals surface area (Å²) in [5, 5.41) is 18.6. The second-order valence-electron chi connectivity index (χ2n) is 8.60. The maximum Gasteiger partial charge on any atom is 0.322 e. The molecule has 1 unspecified atom stereocenters. The average molecular weight is 484 g/mol. The van der Waals surface area contributed by atoms with Gasteiger partial charge in [0.25, 0.3) is 0 Å². The fourth-order valence-corrected chi connectivity index (χ4v) is 19.2. The fraction of sp³-hybridized carbons (Fsp3) is 0.824. The summed E-state index contributed by atoms with van der Waals surface area (Å²) < 4.78 is 24.8. The molecule has 0 spiro atoms. The fourth-order valence-electron chi connectivity index (χ4n) is 3.13. The first-order valence-electron chi connectivity index (χ1n) is 10.1. The summed E-state index contributed by atoms with van der Waals surface area (Å²) >= 11 is 0. The smallest absolute Gasteiger partial charge is 0.322 e. The number of aliphatic hydroxyl groups is 2. The molecule has 0 bridgehead atoms. The summed E-state index contributed by atoms with van der Waals surface area (Å²) in [6.45, 7) is 20.4. The van der Waals surface area contributed by atoms with Gasteiger partial charge in [0.15, 0.2) is 9.04 Å². The summed E-state index contributed by atoms with van der Waals surface area (Å²) in [5.74, 6) is -0.284. The van der Waals surface area contributed by atoms with Crippen molar-refractivity contribution >= 4 is 40.6 Å². The van der Waals surface area contributed by atoms with E-state index in [9.17, 15) is 9.90 Å². The number of carbonyl (C=O) groups excluding carboxylic acids is 1. The Morgan fingerprint density at radius 3 is 2.14 bits per heavy atom. The molecule has 0 rings (SSSR count). The number of nitrogens with zero attached hydrogens (tertiary/aromatic N) is 1. The van der Waals surface area contributed by atoms with Gasteiger partial charge >= 0.3 is 25.7 Å². The first kappa shape index (κ1) is 28.8. The largest absolute Gasteiger partial charge is 0.440 e. The number of hydrogen-bond donors (Lipinski definition) is 2. The van der Waals surface area contributed by atoms with Crippen LogP contribution < -0.4 is 0 Å². The van der Waals surface area contributed by atoms with Gasteiger partial charge in [0.2, 0.25) is 5.91 Å². The minimum atomic E-state index is -2.42. The highest BCUT2D eigenvalue weighted by Gasteiger charge is 2.42. The van der Waals surface area contributed by atoms with Crippen LogP contribution in [-0.4, -0.2) is 88.2 Å². The molecule has 0 fully saturated rings. The highest BCUT2D eigenvalue weighted by molar-refractivity contribution is 6.86. The third kappa shape index (κ3) is 13.7. The van der Waals surface area contributed by atoms with Crippen molar-refractivity contribution in [1.82, 2.24) is 4.90 Å². The molecule has 0 aliphatic heterocycles. The van der Waals surface area contributed by atoms with Gasteiger partial charge in [-0.3, -0.25) is 4.79 Å². The molecule has 2 N–H and O–H groups in total. The van der Waals surface area contributed by atoms with Crippen LogP contribution in [0.15, 0.2) is 12.7 Å². The lowest BCUT2D eigenvalue weighted by molar-refractivity contribution is -0.127. The van der Waals surface area contributed by atoms with E-state index >= 15 is 0 Å². The van der Waals surface area contributed by atoms with Crippen LogP contribution >= 0.6 is 0 Å². The van der Waals surface area contributed by atoms with Gasteiger partial charge in [-0.2, -0.15) is 0 Å². The van der Waals surface area contributed by atoms with Gasteiger partial charge in [-0.25, -0.2) is 0 Å². The van der Waals surface area contributed by atoms with Crippen molar-refractivity contribution in [2.75, 3.05) is 26.3 Å². The van der Waals surface area contributed by atoms with Crippen LogP contribution in [0.2, 0.25) is 52.4 Å². The van der Waals surface area contributed by atoms with Gasteiger partial charge in [0.05, 0.1) is 12.7 Å². The van der Waals surface area contributed by atoms with Crippen molar-refractivity contribution in [2.45, 2.75) is 64.9 Å². The number of carbonyl (C=O) groups is 1. The summed E-state index contributed by atoms with van der Waals surface area (Å²) in [6, 6.07) is 0. The maximum atomic E-state index is 11.9. The van der Waals surface area contributed by atoms with Gasteiger partial charge in [0, 0.05) is 19.7 Å². The molecule has 8 nitrogen and oxygen atoms in total. The van der Waals surface area contributed by atoms with E-state index in [-0.39, 0.29) is 12.5 Å². The Morgan fingerprint density at radius 1 is 1.10 bits per heavy atom. The molecule has 0 aliphatic carbocycles. The van der Waals surface area contributed by atoms with E-state index in [0.29, 0.717) is 19.6 Å². The lowest BCUT2D eigenvalue weighted by Gasteiger charge is -2.38. The molecule has 0 radical (unpaired) electrons. The van der Waals surface area contributed by atoms with Gasteiger partial charge < -0.3 is 31.9 Å². The molecule has 172 valence electrons. The molecular weight excluding hydrogens is 443 g/mol. The quantitative estimate of drug-likeness (QED) is 0.208. The van der Waals surface area contributed by atoms with Crippen molar-refractivity contribution in [3.63, 3.8) is 0 Å². The van der Waals surface area contributed by atoms with Crippen LogP contribution in [0.4, 0.5) is 0 Å². The Kier molecular flexibility index (Phi) is 12.6. The van der Waals surface area contributed by atoms with Gasteiger partial charge in [-0.05, 0) is 64.9 Å². The van der Waals surface area contributed by atoms with E-state index in [1.807, 2.05) is 26.2 Å². The molecular formula is C17H41NO7Si4. The van der Waals surface area contributed by atoms with Gasteiger partial charge in [-0.1, -0.05) is 6.58 Å². The standard InChI is InChI=1S/C17H41NO7Si4/c1-10-17(21)18(14-16(20)15-19)12-11-13-22-27(4,5)24-29(8,9)25-28(6,7)23-26(2)3/h10,16,19-20,26H,1,11-15H2,2-9H3.